The number of ether oxygens (including phenoxy) is 1. The molecule has 0 atom stereocenters. The van der Waals surface area contributed by atoms with Crippen molar-refractivity contribution in [3.63, 3.8) is 0 Å². The van der Waals surface area contributed by atoms with Crippen molar-refractivity contribution >= 4 is 5.97 Å². The standard InChI is InChI=1S/C10H10O3/c11-7-6-10(12)13-8-9-4-2-1-3-5-9/h1-7,11H,8H2/b7-6+. The first kappa shape index (κ1) is 9.32. The van der Waals surface area contributed by atoms with Crippen molar-refractivity contribution in [3.8, 4) is 0 Å². The number of hydrogen-bond donors (Lipinski definition) is 1. The Morgan fingerprint density at radius 1 is 1.38 bits per heavy atom. The molecule has 0 spiro atoms. The maximum Gasteiger partial charge on any atom is 0.334 e. The molecule has 0 heterocycles. The molecule has 0 amide bonds. The third-order valence-corrected chi connectivity index (χ3v) is 1.43. The van der Waals surface area contributed by atoms with Crippen molar-refractivity contribution in [2.75, 3.05) is 0 Å². The highest BCUT2D eigenvalue weighted by Crippen LogP contribution is 2.00. The maximum atomic E-state index is 10.7. The number of esters is 1. The van der Waals surface area contributed by atoms with Crippen LogP contribution in [0.1, 0.15) is 5.56 Å². The fourth-order valence-electron chi connectivity index (χ4n) is 0.838. The van der Waals surface area contributed by atoms with E-state index in [1.165, 1.54) is 0 Å². The number of carbonyl (C=O) groups excluding carboxylic acids is 1. The van der Waals surface area contributed by atoms with Crippen LogP contribution in [0.15, 0.2) is 42.7 Å². The second-order valence-electron chi connectivity index (χ2n) is 2.41. The molecule has 3 nitrogen and oxygen atoms in total. The van der Waals surface area contributed by atoms with Crippen LogP contribution in [0.5, 0.6) is 0 Å². The highest BCUT2D eigenvalue weighted by molar-refractivity contribution is 5.81. The van der Waals surface area contributed by atoms with E-state index in [0.29, 0.717) is 6.26 Å². The lowest BCUT2D eigenvalue weighted by molar-refractivity contribution is -0.139. The van der Waals surface area contributed by atoms with Crippen LogP contribution in [-0.2, 0) is 16.1 Å². The molecule has 0 saturated heterocycles. The normalized spacial score (nSPS) is 10.2. The van der Waals surface area contributed by atoms with Gasteiger partial charge in [0.2, 0.25) is 0 Å². The smallest absolute Gasteiger partial charge is 0.334 e. The third kappa shape index (κ3) is 3.42. The van der Waals surface area contributed by atoms with Crippen LogP contribution in [0.4, 0.5) is 0 Å². The van der Waals surface area contributed by atoms with E-state index in [9.17, 15) is 4.79 Å². The zero-order chi connectivity index (χ0) is 9.52. The van der Waals surface area contributed by atoms with Crippen LogP contribution < -0.4 is 0 Å². The molecule has 1 rings (SSSR count). The van der Waals surface area contributed by atoms with E-state index >= 15 is 0 Å². The van der Waals surface area contributed by atoms with Gasteiger partial charge in [0.25, 0.3) is 0 Å². The predicted molar refractivity (Wildman–Crippen MR) is 48.0 cm³/mol. The van der Waals surface area contributed by atoms with Crippen LogP contribution >= 0.6 is 0 Å². The van der Waals surface area contributed by atoms with Gasteiger partial charge in [0, 0.05) is 0 Å². The van der Waals surface area contributed by atoms with E-state index in [0.717, 1.165) is 11.6 Å². The van der Waals surface area contributed by atoms with E-state index in [4.69, 9.17) is 9.84 Å². The number of aliphatic hydroxyl groups is 1. The fourth-order valence-corrected chi connectivity index (χ4v) is 0.838. The van der Waals surface area contributed by atoms with Crippen molar-refractivity contribution in [2.45, 2.75) is 6.61 Å². The van der Waals surface area contributed by atoms with Crippen molar-refractivity contribution in [1.82, 2.24) is 0 Å². The Kier molecular flexibility index (Phi) is 3.57. The summed E-state index contributed by atoms with van der Waals surface area (Å²) in [7, 11) is 0. The largest absolute Gasteiger partial charge is 0.515 e. The third-order valence-electron chi connectivity index (χ3n) is 1.43. The highest BCUT2D eigenvalue weighted by Gasteiger charge is 1.96. The lowest BCUT2D eigenvalue weighted by atomic mass is 10.2. The van der Waals surface area contributed by atoms with Crippen molar-refractivity contribution in [3.05, 3.63) is 48.2 Å². The Hall–Kier alpha value is -1.77. The van der Waals surface area contributed by atoms with Gasteiger partial charge in [-0.3, -0.25) is 0 Å². The molecular weight excluding hydrogens is 168 g/mol. The summed E-state index contributed by atoms with van der Waals surface area (Å²) in [5.74, 6) is -0.550. The summed E-state index contributed by atoms with van der Waals surface area (Å²) in [6.07, 6.45) is 1.62. The van der Waals surface area contributed by atoms with E-state index < -0.39 is 5.97 Å². The molecule has 68 valence electrons. The molecule has 0 aliphatic carbocycles. The van der Waals surface area contributed by atoms with Gasteiger partial charge in [0.1, 0.15) is 6.61 Å². The zero-order valence-corrected chi connectivity index (χ0v) is 7.01. The Morgan fingerprint density at radius 2 is 2.08 bits per heavy atom. The summed E-state index contributed by atoms with van der Waals surface area (Å²) in [5, 5.41) is 8.25. The molecule has 0 radical (unpaired) electrons. The van der Waals surface area contributed by atoms with Crippen LogP contribution in [0.3, 0.4) is 0 Å². The van der Waals surface area contributed by atoms with E-state index in [-0.39, 0.29) is 6.61 Å². The molecule has 0 unspecified atom stereocenters. The summed E-state index contributed by atoms with van der Waals surface area (Å²) >= 11 is 0. The molecule has 0 bridgehead atoms. The lowest BCUT2D eigenvalue weighted by Crippen LogP contribution is -2.00. The Morgan fingerprint density at radius 3 is 2.69 bits per heavy atom. The molecule has 13 heavy (non-hydrogen) atoms. The summed E-state index contributed by atoms with van der Waals surface area (Å²) < 4.78 is 4.78. The number of carbonyl (C=O) groups is 1. The molecule has 1 aromatic carbocycles. The minimum absolute atomic E-state index is 0.226. The van der Waals surface area contributed by atoms with Gasteiger partial charge in [-0.05, 0) is 5.56 Å². The first-order chi connectivity index (χ1) is 6.33. The van der Waals surface area contributed by atoms with Gasteiger partial charge in [0.05, 0.1) is 12.3 Å². The first-order valence-corrected chi connectivity index (χ1v) is 3.84. The molecule has 0 fully saturated rings. The van der Waals surface area contributed by atoms with E-state index in [1.807, 2.05) is 30.3 Å². The average molecular weight is 178 g/mol. The molecule has 0 aliphatic heterocycles. The number of aliphatic hydroxyl groups excluding tert-OH is 1. The SMILES string of the molecule is O=C(/C=C/O)OCc1ccccc1. The van der Waals surface area contributed by atoms with Gasteiger partial charge in [-0.2, -0.15) is 0 Å². The summed E-state index contributed by atoms with van der Waals surface area (Å²) in [4.78, 5) is 10.7. The quantitative estimate of drug-likeness (QED) is 0.436. The van der Waals surface area contributed by atoms with Gasteiger partial charge in [-0.1, -0.05) is 30.3 Å². The van der Waals surface area contributed by atoms with Gasteiger partial charge in [-0.25, -0.2) is 4.79 Å². The van der Waals surface area contributed by atoms with Crippen molar-refractivity contribution in [2.24, 2.45) is 0 Å². The van der Waals surface area contributed by atoms with E-state index in [1.54, 1.807) is 0 Å². The van der Waals surface area contributed by atoms with Crippen molar-refractivity contribution in [1.29, 1.82) is 0 Å². The average Bonchev–Trinajstić information content (AvgIpc) is 2.17. The van der Waals surface area contributed by atoms with Gasteiger partial charge < -0.3 is 9.84 Å². The predicted octanol–water partition coefficient (Wildman–Crippen LogP) is 1.80. The molecule has 1 N–H and O–H groups in total. The van der Waals surface area contributed by atoms with Gasteiger partial charge >= 0.3 is 5.97 Å². The van der Waals surface area contributed by atoms with Gasteiger partial charge in [-0.15, -0.1) is 0 Å². The Balaban J connectivity index is 2.40. The number of benzene rings is 1. The van der Waals surface area contributed by atoms with Crippen LogP contribution in [0.25, 0.3) is 0 Å². The second-order valence-corrected chi connectivity index (χ2v) is 2.41. The van der Waals surface area contributed by atoms with Gasteiger partial charge in [0.15, 0.2) is 0 Å². The molecule has 0 saturated carbocycles. The van der Waals surface area contributed by atoms with Crippen LogP contribution in [0, 0.1) is 0 Å². The summed E-state index contributed by atoms with van der Waals surface area (Å²) in [5.41, 5.74) is 0.919. The van der Waals surface area contributed by atoms with Crippen molar-refractivity contribution < 1.29 is 14.6 Å². The number of hydrogen-bond acceptors (Lipinski definition) is 3. The van der Waals surface area contributed by atoms with E-state index in [2.05, 4.69) is 0 Å². The maximum absolute atomic E-state index is 10.7. The first-order valence-electron chi connectivity index (χ1n) is 3.84. The Labute approximate surface area is 76.3 Å². The topological polar surface area (TPSA) is 46.5 Å². The Bertz CT molecular complexity index is 290. The minimum atomic E-state index is -0.550. The molecular formula is C10H10O3. The monoisotopic (exact) mass is 178 g/mol. The summed E-state index contributed by atoms with van der Waals surface area (Å²) in [6.45, 7) is 0.226. The summed E-state index contributed by atoms with van der Waals surface area (Å²) in [6, 6.07) is 9.33. The highest BCUT2D eigenvalue weighted by atomic mass is 16.5. The molecule has 0 aromatic heterocycles. The second kappa shape index (κ2) is 4.98. The molecule has 0 aliphatic rings. The van der Waals surface area contributed by atoms with Crippen LogP contribution in [0.2, 0.25) is 0 Å². The zero-order valence-electron chi connectivity index (χ0n) is 7.01. The fraction of sp³-hybridized carbons (Fsp3) is 0.100. The molecule has 1 aromatic rings. The molecule has 3 heteroatoms. The van der Waals surface area contributed by atoms with Crippen LogP contribution in [-0.4, -0.2) is 11.1 Å². The lowest BCUT2D eigenvalue weighted by Gasteiger charge is -2.00. The minimum Gasteiger partial charge on any atom is -0.515 e. The number of rotatable bonds is 3.